The highest BCUT2D eigenvalue weighted by molar-refractivity contribution is 6.28. The van der Waals surface area contributed by atoms with E-state index >= 15 is 0 Å². The third kappa shape index (κ3) is 2.35. The molecule has 0 bridgehead atoms. The predicted molar refractivity (Wildman–Crippen MR) is 77.9 cm³/mol. The van der Waals surface area contributed by atoms with Crippen LogP contribution in [0.25, 0.3) is 17.2 Å². The third-order valence-electron chi connectivity index (χ3n) is 2.70. The van der Waals surface area contributed by atoms with E-state index in [9.17, 15) is 0 Å². The van der Waals surface area contributed by atoms with E-state index in [1.54, 1.807) is 0 Å². The monoisotopic (exact) mass is 286 g/mol. The first kappa shape index (κ1) is 12.6. The van der Waals surface area contributed by atoms with Crippen LogP contribution < -0.4 is 4.74 Å². The molecule has 0 aliphatic rings. The van der Waals surface area contributed by atoms with Crippen LogP contribution in [-0.2, 0) is 0 Å². The average Bonchev–Trinajstić information content (AvgIpc) is 2.89. The van der Waals surface area contributed by atoms with E-state index in [4.69, 9.17) is 16.3 Å². The summed E-state index contributed by atoms with van der Waals surface area (Å²) in [5, 5.41) is 0.100. The topological polar surface area (TPSA) is 63.7 Å². The summed E-state index contributed by atoms with van der Waals surface area (Å²) in [4.78, 5) is 15.1. The second-order valence-corrected chi connectivity index (χ2v) is 4.38. The average molecular weight is 287 g/mol. The molecule has 0 radical (unpaired) electrons. The maximum atomic E-state index is 5.88. The number of H-pyrrole nitrogens is 1. The molecule has 0 atom stereocenters. The molecule has 0 fully saturated rings. The number of nitrogens with one attached hydrogen (secondary N) is 1. The number of rotatable bonds is 3. The van der Waals surface area contributed by atoms with Gasteiger partial charge in [-0.1, -0.05) is 30.4 Å². The number of aromatic amines is 1. The van der Waals surface area contributed by atoms with Crippen LogP contribution in [0.4, 0.5) is 0 Å². The molecule has 3 rings (SSSR count). The van der Waals surface area contributed by atoms with Gasteiger partial charge in [0.25, 0.3) is 0 Å². The standard InChI is InChI=1S/C14H11ClN4O/c1-2-5-9-6-3-4-7-10(9)20-13-11-12(17-8-16-11)18-14(15)19-13/h2-8H,1H3,(H,16,17,18,19)/b5-2+. The fourth-order valence-electron chi connectivity index (χ4n) is 1.85. The van der Waals surface area contributed by atoms with Crippen molar-refractivity contribution in [1.29, 1.82) is 0 Å². The second kappa shape index (κ2) is 5.30. The van der Waals surface area contributed by atoms with Crippen molar-refractivity contribution in [3.63, 3.8) is 0 Å². The molecule has 100 valence electrons. The molecule has 0 unspecified atom stereocenters. The van der Waals surface area contributed by atoms with Gasteiger partial charge < -0.3 is 9.72 Å². The largest absolute Gasteiger partial charge is 0.436 e. The lowest BCUT2D eigenvalue weighted by atomic mass is 10.2. The molecule has 5 nitrogen and oxygen atoms in total. The molecular formula is C14H11ClN4O. The predicted octanol–water partition coefficient (Wildman–Crippen LogP) is 3.83. The van der Waals surface area contributed by atoms with Crippen molar-refractivity contribution >= 4 is 28.8 Å². The molecular weight excluding hydrogens is 276 g/mol. The minimum atomic E-state index is 0.100. The summed E-state index contributed by atoms with van der Waals surface area (Å²) in [6.45, 7) is 1.95. The molecule has 0 saturated carbocycles. The van der Waals surface area contributed by atoms with Gasteiger partial charge in [-0.05, 0) is 24.6 Å². The van der Waals surface area contributed by atoms with Crippen molar-refractivity contribution in [2.24, 2.45) is 0 Å². The van der Waals surface area contributed by atoms with E-state index in [0.717, 1.165) is 5.56 Å². The number of ether oxygens (including phenoxy) is 1. The number of benzene rings is 1. The van der Waals surface area contributed by atoms with Gasteiger partial charge in [0.1, 0.15) is 11.3 Å². The van der Waals surface area contributed by atoms with E-state index in [1.807, 2.05) is 43.3 Å². The van der Waals surface area contributed by atoms with Gasteiger partial charge in [-0.15, -0.1) is 0 Å². The van der Waals surface area contributed by atoms with Gasteiger partial charge in [0, 0.05) is 5.56 Å². The highest BCUT2D eigenvalue weighted by Crippen LogP contribution is 2.29. The Hall–Kier alpha value is -2.40. The summed E-state index contributed by atoms with van der Waals surface area (Å²) in [6, 6.07) is 7.67. The zero-order valence-corrected chi connectivity index (χ0v) is 11.4. The summed E-state index contributed by atoms with van der Waals surface area (Å²) in [7, 11) is 0. The van der Waals surface area contributed by atoms with Gasteiger partial charge in [-0.2, -0.15) is 9.97 Å². The molecule has 3 aromatic rings. The fourth-order valence-corrected chi connectivity index (χ4v) is 2.01. The van der Waals surface area contributed by atoms with Crippen LogP contribution in [0.1, 0.15) is 12.5 Å². The van der Waals surface area contributed by atoms with Crippen molar-refractivity contribution < 1.29 is 4.74 Å². The molecule has 1 N–H and O–H groups in total. The molecule has 0 aliphatic carbocycles. The van der Waals surface area contributed by atoms with Crippen LogP contribution in [0, 0.1) is 0 Å². The Bertz CT molecular complexity index is 782. The van der Waals surface area contributed by atoms with Crippen LogP contribution in [0.15, 0.2) is 36.7 Å². The van der Waals surface area contributed by atoms with Crippen molar-refractivity contribution in [3.8, 4) is 11.6 Å². The Kier molecular flexibility index (Phi) is 3.35. The summed E-state index contributed by atoms with van der Waals surface area (Å²) < 4.78 is 5.86. The zero-order valence-electron chi connectivity index (χ0n) is 10.7. The highest BCUT2D eigenvalue weighted by Gasteiger charge is 2.12. The lowest BCUT2D eigenvalue weighted by Crippen LogP contribution is -1.94. The maximum Gasteiger partial charge on any atom is 0.250 e. The summed E-state index contributed by atoms with van der Waals surface area (Å²) in [5.74, 6) is 1.05. The van der Waals surface area contributed by atoms with Crippen LogP contribution in [0.5, 0.6) is 11.6 Å². The van der Waals surface area contributed by atoms with Gasteiger partial charge in [0.2, 0.25) is 11.2 Å². The molecule has 0 spiro atoms. The SMILES string of the molecule is C/C=C/c1ccccc1Oc1nc(Cl)nc2nc[nH]c12. The third-order valence-corrected chi connectivity index (χ3v) is 2.87. The Labute approximate surface area is 120 Å². The number of fused-ring (bicyclic) bond motifs is 1. The lowest BCUT2D eigenvalue weighted by Gasteiger charge is -2.08. The zero-order chi connectivity index (χ0) is 13.9. The molecule has 20 heavy (non-hydrogen) atoms. The van der Waals surface area contributed by atoms with E-state index in [1.165, 1.54) is 6.33 Å². The number of halogens is 1. The highest BCUT2D eigenvalue weighted by atomic mass is 35.5. The molecule has 6 heteroatoms. The van der Waals surface area contributed by atoms with E-state index in [2.05, 4.69) is 19.9 Å². The van der Waals surface area contributed by atoms with Crippen LogP contribution >= 0.6 is 11.6 Å². The number of hydrogen-bond acceptors (Lipinski definition) is 4. The number of para-hydroxylation sites is 1. The second-order valence-electron chi connectivity index (χ2n) is 4.04. The van der Waals surface area contributed by atoms with Crippen molar-refractivity contribution in [1.82, 2.24) is 19.9 Å². The lowest BCUT2D eigenvalue weighted by molar-refractivity contribution is 0.466. The number of imidazole rings is 1. The number of hydrogen-bond donors (Lipinski definition) is 1. The smallest absolute Gasteiger partial charge is 0.250 e. The molecule has 0 aliphatic heterocycles. The first-order valence-electron chi connectivity index (χ1n) is 6.04. The summed E-state index contributed by atoms with van der Waals surface area (Å²) in [5.41, 5.74) is 2.05. The minimum absolute atomic E-state index is 0.100. The van der Waals surface area contributed by atoms with Gasteiger partial charge in [-0.3, -0.25) is 0 Å². The van der Waals surface area contributed by atoms with Gasteiger partial charge in [0.15, 0.2) is 5.65 Å². The Morgan fingerprint density at radius 1 is 1.25 bits per heavy atom. The normalized spacial score (nSPS) is 11.3. The van der Waals surface area contributed by atoms with Crippen LogP contribution in [-0.4, -0.2) is 19.9 Å². The van der Waals surface area contributed by atoms with Gasteiger partial charge in [0.05, 0.1) is 6.33 Å². The Morgan fingerprint density at radius 3 is 2.95 bits per heavy atom. The Morgan fingerprint density at radius 2 is 2.10 bits per heavy atom. The summed E-state index contributed by atoms with van der Waals surface area (Å²) >= 11 is 5.88. The molecule has 0 amide bonds. The number of allylic oxidation sites excluding steroid dienone is 1. The van der Waals surface area contributed by atoms with Gasteiger partial charge in [-0.25, -0.2) is 4.98 Å². The number of nitrogens with zero attached hydrogens (tertiary/aromatic N) is 3. The minimum Gasteiger partial charge on any atom is -0.436 e. The van der Waals surface area contributed by atoms with E-state index in [0.29, 0.717) is 22.8 Å². The van der Waals surface area contributed by atoms with Gasteiger partial charge >= 0.3 is 0 Å². The van der Waals surface area contributed by atoms with E-state index in [-0.39, 0.29) is 5.28 Å². The first-order chi connectivity index (χ1) is 9.78. The molecule has 2 heterocycles. The first-order valence-corrected chi connectivity index (χ1v) is 6.42. The van der Waals surface area contributed by atoms with Crippen LogP contribution in [0.2, 0.25) is 5.28 Å². The van der Waals surface area contributed by atoms with Crippen molar-refractivity contribution in [2.45, 2.75) is 6.92 Å². The molecule has 1 aromatic carbocycles. The molecule has 2 aromatic heterocycles. The summed E-state index contributed by atoms with van der Waals surface area (Å²) in [6.07, 6.45) is 5.43. The van der Waals surface area contributed by atoms with E-state index < -0.39 is 0 Å². The number of aromatic nitrogens is 4. The van der Waals surface area contributed by atoms with Crippen LogP contribution in [0.3, 0.4) is 0 Å². The quantitative estimate of drug-likeness (QED) is 0.743. The van der Waals surface area contributed by atoms with Crippen molar-refractivity contribution in [2.75, 3.05) is 0 Å². The molecule has 0 saturated heterocycles. The Balaban J connectivity index is 2.07. The fraction of sp³-hybridized carbons (Fsp3) is 0.0714. The van der Waals surface area contributed by atoms with Crippen molar-refractivity contribution in [3.05, 3.63) is 47.5 Å². The maximum absolute atomic E-state index is 5.88.